The van der Waals surface area contributed by atoms with Gasteiger partial charge in [-0.15, -0.1) is 0 Å². The van der Waals surface area contributed by atoms with E-state index in [1.807, 2.05) is 76.2 Å². The summed E-state index contributed by atoms with van der Waals surface area (Å²) in [5.74, 6) is 0.774. The highest BCUT2D eigenvalue weighted by Gasteiger charge is 2.29. The zero-order chi connectivity index (χ0) is 15.4. The lowest BCUT2D eigenvalue weighted by atomic mass is 10.1. The van der Waals surface area contributed by atoms with Gasteiger partial charge in [0.25, 0.3) is 5.91 Å². The van der Waals surface area contributed by atoms with E-state index in [0.717, 1.165) is 28.0 Å². The molecule has 2 heterocycles. The molecule has 21 heavy (non-hydrogen) atoms. The third-order valence-corrected chi connectivity index (χ3v) is 3.16. The molecule has 1 aromatic heterocycles. The molecule has 0 atom stereocenters. The molecular formula is C18H20N2O. The summed E-state index contributed by atoms with van der Waals surface area (Å²) in [4.78, 5) is 16.8. The maximum absolute atomic E-state index is 12.3. The quantitative estimate of drug-likeness (QED) is 0.465. The molecule has 0 N–H and O–H groups in total. The number of carbonyl (C=O) groups excluding carboxylic acids is 1. The van der Waals surface area contributed by atoms with Crippen molar-refractivity contribution in [2.45, 2.75) is 27.7 Å². The van der Waals surface area contributed by atoms with E-state index in [1.165, 1.54) is 0 Å². The van der Waals surface area contributed by atoms with E-state index in [0.29, 0.717) is 0 Å². The first-order valence-corrected chi connectivity index (χ1v) is 7.48. The second-order valence-corrected chi connectivity index (χ2v) is 4.11. The normalized spacial score (nSPS) is 11.0. The Balaban J connectivity index is 0.000000374. The Kier molecular flexibility index (Phi) is 4.53. The van der Waals surface area contributed by atoms with Gasteiger partial charge in [-0.2, -0.15) is 0 Å². The second kappa shape index (κ2) is 6.35. The first kappa shape index (κ1) is 15.0. The van der Waals surface area contributed by atoms with E-state index < -0.39 is 0 Å². The molecule has 3 aromatic rings. The summed E-state index contributed by atoms with van der Waals surface area (Å²) >= 11 is 0. The van der Waals surface area contributed by atoms with Gasteiger partial charge < -0.3 is 0 Å². The van der Waals surface area contributed by atoms with Crippen LogP contribution in [-0.2, 0) is 0 Å². The van der Waals surface area contributed by atoms with Gasteiger partial charge >= 0.3 is 0 Å². The van der Waals surface area contributed by atoms with Crippen LogP contribution in [0.3, 0.4) is 0 Å². The van der Waals surface area contributed by atoms with Crippen molar-refractivity contribution in [2.24, 2.45) is 0 Å². The van der Waals surface area contributed by atoms with Crippen LogP contribution in [0.15, 0.2) is 48.5 Å². The number of nitrogens with zero attached hydrogens (tertiary/aromatic N) is 2. The number of para-hydroxylation sites is 2. The molecule has 1 aliphatic rings. The van der Waals surface area contributed by atoms with Crippen molar-refractivity contribution >= 4 is 16.9 Å². The highest BCUT2D eigenvalue weighted by molar-refractivity contribution is 6.12. The number of hydrogen-bond donors (Lipinski definition) is 0. The van der Waals surface area contributed by atoms with Crippen molar-refractivity contribution in [3.05, 3.63) is 54.1 Å². The maximum atomic E-state index is 12.3. The molecule has 0 radical (unpaired) electrons. The predicted octanol–water partition coefficient (Wildman–Crippen LogP) is 4.76. The number of benzene rings is 2. The van der Waals surface area contributed by atoms with Gasteiger partial charge in [0.05, 0.1) is 16.6 Å². The van der Waals surface area contributed by atoms with Gasteiger partial charge in [0.2, 0.25) is 0 Å². The molecule has 0 bridgehead atoms. The number of fused-ring (bicyclic) bond motifs is 5. The van der Waals surface area contributed by atoms with Crippen LogP contribution >= 0.6 is 0 Å². The van der Waals surface area contributed by atoms with E-state index >= 15 is 0 Å². The Morgan fingerprint density at radius 2 is 1.38 bits per heavy atom. The lowest BCUT2D eigenvalue weighted by Crippen LogP contribution is -2.05. The van der Waals surface area contributed by atoms with Crippen LogP contribution < -0.4 is 0 Å². The molecule has 108 valence electrons. The van der Waals surface area contributed by atoms with E-state index in [1.54, 1.807) is 4.57 Å². The minimum atomic E-state index is 0.0179. The molecule has 1 aliphatic heterocycles. The Morgan fingerprint density at radius 1 is 0.810 bits per heavy atom. The molecule has 0 saturated carbocycles. The van der Waals surface area contributed by atoms with Gasteiger partial charge in [0, 0.05) is 5.56 Å². The standard InChI is InChI=1S/C14H8N2O.2C2H6/c17-14-10-6-2-1-5-9(10)13-15-11-7-3-4-8-12(11)16(13)14;2*1-2/h1-8H;2*1-2H3. The largest absolute Gasteiger partial charge is 0.268 e. The molecule has 0 saturated heterocycles. The summed E-state index contributed by atoms with van der Waals surface area (Å²) in [5, 5.41) is 0. The van der Waals surface area contributed by atoms with Crippen LogP contribution in [0.4, 0.5) is 0 Å². The van der Waals surface area contributed by atoms with Crippen LogP contribution in [0.2, 0.25) is 0 Å². The summed E-state index contributed by atoms with van der Waals surface area (Å²) in [5.41, 5.74) is 3.41. The highest BCUT2D eigenvalue weighted by Crippen LogP contribution is 2.33. The maximum Gasteiger partial charge on any atom is 0.264 e. The Hall–Kier alpha value is -2.42. The summed E-state index contributed by atoms with van der Waals surface area (Å²) in [6.45, 7) is 8.00. The van der Waals surface area contributed by atoms with Gasteiger partial charge in [-0.25, -0.2) is 4.98 Å². The van der Waals surface area contributed by atoms with Gasteiger partial charge in [-0.05, 0) is 18.2 Å². The Bertz CT molecular complexity index is 772. The fourth-order valence-electron chi connectivity index (χ4n) is 2.40. The molecule has 3 nitrogen and oxygen atoms in total. The zero-order valence-electron chi connectivity index (χ0n) is 12.9. The van der Waals surface area contributed by atoms with Gasteiger partial charge in [0.15, 0.2) is 0 Å². The fourth-order valence-corrected chi connectivity index (χ4v) is 2.40. The molecule has 0 fully saturated rings. The number of aromatic nitrogens is 2. The monoisotopic (exact) mass is 280 g/mol. The van der Waals surface area contributed by atoms with Crippen LogP contribution in [0.1, 0.15) is 38.1 Å². The number of imidazole rings is 1. The first-order chi connectivity index (χ1) is 10.4. The SMILES string of the molecule is CC.CC.O=C1c2ccccc2-c2nc3ccccc3n21. The van der Waals surface area contributed by atoms with Crippen molar-refractivity contribution in [1.29, 1.82) is 0 Å². The molecule has 4 rings (SSSR count). The number of hydrogen-bond acceptors (Lipinski definition) is 2. The summed E-state index contributed by atoms with van der Waals surface area (Å²) < 4.78 is 1.69. The summed E-state index contributed by atoms with van der Waals surface area (Å²) in [6, 6.07) is 15.3. The summed E-state index contributed by atoms with van der Waals surface area (Å²) in [7, 11) is 0. The number of carbonyl (C=O) groups is 1. The predicted molar refractivity (Wildman–Crippen MR) is 87.6 cm³/mol. The van der Waals surface area contributed by atoms with Gasteiger partial charge in [-0.3, -0.25) is 9.36 Å². The molecule has 0 aliphatic carbocycles. The van der Waals surface area contributed by atoms with E-state index in [9.17, 15) is 4.79 Å². The molecule has 2 aromatic carbocycles. The van der Waals surface area contributed by atoms with Crippen molar-refractivity contribution in [2.75, 3.05) is 0 Å². The van der Waals surface area contributed by atoms with E-state index in [4.69, 9.17) is 0 Å². The molecular weight excluding hydrogens is 260 g/mol. The van der Waals surface area contributed by atoms with Crippen LogP contribution in [0, 0.1) is 0 Å². The van der Waals surface area contributed by atoms with Gasteiger partial charge in [-0.1, -0.05) is 58.0 Å². The minimum absolute atomic E-state index is 0.0179. The fraction of sp³-hybridized carbons (Fsp3) is 0.222. The van der Waals surface area contributed by atoms with Crippen molar-refractivity contribution in [3.63, 3.8) is 0 Å². The van der Waals surface area contributed by atoms with E-state index in [-0.39, 0.29) is 5.91 Å². The number of rotatable bonds is 0. The topological polar surface area (TPSA) is 34.9 Å². The molecule has 0 spiro atoms. The Labute approximate surface area is 125 Å². The van der Waals surface area contributed by atoms with Crippen molar-refractivity contribution in [3.8, 4) is 11.4 Å². The zero-order valence-corrected chi connectivity index (χ0v) is 12.9. The lowest BCUT2D eigenvalue weighted by Gasteiger charge is -1.96. The van der Waals surface area contributed by atoms with Crippen LogP contribution in [-0.4, -0.2) is 15.5 Å². The molecule has 0 amide bonds. The third kappa shape index (κ3) is 2.25. The average Bonchev–Trinajstić information content (AvgIpc) is 3.08. The highest BCUT2D eigenvalue weighted by atomic mass is 16.2. The first-order valence-electron chi connectivity index (χ1n) is 7.48. The molecule has 3 heteroatoms. The Morgan fingerprint density at radius 3 is 2.10 bits per heavy atom. The van der Waals surface area contributed by atoms with Gasteiger partial charge in [0.1, 0.15) is 5.82 Å². The molecule has 0 unspecified atom stereocenters. The van der Waals surface area contributed by atoms with E-state index in [2.05, 4.69) is 4.98 Å². The third-order valence-electron chi connectivity index (χ3n) is 3.16. The smallest absolute Gasteiger partial charge is 0.264 e. The summed E-state index contributed by atoms with van der Waals surface area (Å²) in [6.07, 6.45) is 0. The van der Waals surface area contributed by atoms with Crippen LogP contribution in [0.25, 0.3) is 22.4 Å². The second-order valence-electron chi connectivity index (χ2n) is 4.11. The van der Waals surface area contributed by atoms with Crippen LogP contribution in [0.5, 0.6) is 0 Å². The van der Waals surface area contributed by atoms with Crippen molar-refractivity contribution < 1.29 is 4.79 Å². The lowest BCUT2D eigenvalue weighted by molar-refractivity contribution is 0.0973. The van der Waals surface area contributed by atoms with Crippen molar-refractivity contribution in [1.82, 2.24) is 9.55 Å². The average molecular weight is 280 g/mol. The minimum Gasteiger partial charge on any atom is -0.268 e.